The van der Waals surface area contributed by atoms with Gasteiger partial charge in [0.1, 0.15) is 0 Å². The largest absolute Gasteiger partial charge is 0.373 e. The number of imidazole rings is 1. The first-order chi connectivity index (χ1) is 15.0. The monoisotopic (exact) mass is 415 g/mol. The molecule has 31 heavy (non-hydrogen) atoms. The zero-order valence-corrected chi connectivity index (χ0v) is 18.1. The third-order valence-electron chi connectivity index (χ3n) is 8.59. The molecular formula is C26H29N3O2. The summed E-state index contributed by atoms with van der Waals surface area (Å²) >= 11 is 0. The zero-order valence-electron chi connectivity index (χ0n) is 18.1. The van der Waals surface area contributed by atoms with Crippen molar-refractivity contribution >= 4 is 16.9 Å². The van der Waals surface area contributed by atoms with Gasteiger partial charge in [-0.15, -0.1) is 0 Å². The number of carbonyl (C=O) groups excluding carboxylic acids is 1. The van der Waals surface area contributed by atoms with Crippen molar-refractivity contribution in [3.05, 3.63) is 66.0 Å². The van der Waals surface area contributed by atoms with E-state index in [0.29, 0.717) is 17.4 Å². The molecule has 3 fully saturated rings. The summed E-state index contributed by atoms with van der Waals surface area (Å²) in [5.41, 5.74) is 3.90. The van der Waals surface area contributed by atoms with Gasteiger partial charge in [-0.3, -0.25) is 4.79 Å². The number of nitrogens with zero attached hydrogens (tertiary/aromatic N) is 1. The summed E-state index contributed by atoms with van der Waals surface area (Å²) in [6, 6.07) is 16.5. The fourth-order valence-corrected chi connectivity index (χ4v) is 7.05. The molecule has 6 rings (SSSR count). The number of H-pyrrole nitrogens is 1. The Morgan fingerprint density at radius 3 is 2.87 bits per heavy atom. The Bertz CT molecular complexity index is 1140. The Kier molecular flexibility index (Phi) is 4.10. The Morgan fingerprint density at radius 2 is 2.03 bits per heavy atom. The van der Waals surface area contributed by atoms with E-state index in [2.05, 4.69) is 59.5 Å². The molecule has 1 aliphatic heterocycles. The molecule has 2 aromatic carbocycles. The van der Waals surface area contributed by atoms with Crippen LogP contribution < -0.4 is 5.32 Å². The highest BCUT2D eigenvalue weighted by atomic mass is 16.5. The van der Waals surface area contributed by atoms with Gasteiger partial charge in [0.2, 0.25) is 0 Å². The second-order valence-electron chi connectivity index (χ2n) is 10.3. The predicted octanol–water partition coefficient (Wildman–Crippen LogP) is 4.88. The molecule has 0 radical (unpaired) electrons. The van der Waals surface area contributed by atoms with Crippen LogP contribution in [-0.2, 0) is 4.74 Å². The van der Waals surface area contributed by atoms with Gasteiger partial charge in [0.05, 0.1) is 23.5 Å². The van der Waals surface area contributed by atoms with Gasteiger partial charge in [-0.25, -0.2) is 4.98 Å². The van der Waals surface area contributed by atoms with E-state index >= 15 is 0 Å². The SMILES string of the molecule is CC1(C)[C@@H]2C[C@@H]3[C@@H](c4ccccc4)OCCC3(C2)[C@H]1NC(=O)c1ccc2nc[nH]c2c1. The van der Waals surface area contributed by atoms with E-state index < -0.39 is 0 Å². The van der Waals surface area contributed by atoms with Crippen LogP contribution in [0.3, 0.4) is 0 Å². The van der Waals surface area contributed by atoms with Gasteiger partial charge in [-0.2, -0.15) is 0 Å². The molecule has 3 aliphatic rings. The second-order valence-corrected chi connectivity index (χ2v) is 10.3. The highest BCUT2D eigenvalue weighted by molar-refractivity contribution is 5.97. The molecule has 5 atom stereocenters. The Balaban J connectivity index is 1.33. The molecule has 160 valence electrons. The van der Waals surface area contributed by atoms with Crippen molar-refractivity contribution in [3.8, 4) is 0 Å². The van der Waals surface area contributed by atoms with E-state index in [-0.39, 0.29) is 28.9 Å². The molecular weight excluding hydrogens is 386 g/mol. The number of rotatable bonds is 3. The summed E-state index contributed by atoms with van der Waals surface area (Å²) in [6.07, 6.45) is 5.17. The molecule has 2 bridgehead atoms. The van der Waals surface area contributed by atoms with Crippen LogP contribution >= 0.6 is 0 Å². The lowest BCUT2D eigenvalue weighted by molar-refractivity contribution is -0.120. The van der Waals surface area contributed by atoms with Gasteiger partial charge >= 0.3 is 0 Å². The second kappa shape index (κ2) is 6.67. The Morgan fingerprint density at radius 1 is 1.19 bits per heavy atom. The van der Waals surface area contributed by atoms with Crippen molar-refractivity contribution < 1.29 is 9.53 Å². The number of ether oxygens (including phenoxy) is 1. The summed E-state index contributed by atoms with van der Waals surface area (Å²) in [7, 11) is 0. The number of hydrogen-bond acceptors (Lipinski definition) is 3. The van der Waals surface area contributed by atoms with Crippen molar-refractivity contribution in [3.63, 3.8) is 0 Å². The molecule has 2 aliphatic carbocycles. The molecule has 3 aromatic rings. The molecule has 1 saturated heterocycles. The molecule has 5 nitrogen and oxygen atoms in total. The van der Waals surface area contributed by atoms with E-state index in [1.165, 1.54) is 18.4 Å². The molecule has 1 amide bonds. The third-order valence-corrected chi connectivity index (χ3v) is 8.59. The van der Waals surface area contributed by atoms with Crippen LogP contribution in [0.15, 0.2) is 54.9 Å². The molecule has 2 N–H and O–H groups in total. The minimum Gasteiger partial charge on any atom is -0.373 e. The van der Waals surface area contributed by atoms with Crippen LogP contribution in [0.25, 0.3) is 11.0 Å². The number of carbonyl (C=O) groups is 1. The lowest BCUT2D eigenvalue weighted by atomic mass is 9.59. The standard InChI is InChI=1S/C26H29N3O2/c1-25(2)18-13-19-22(16-6-4-3-5-7-16)31-11-10-26(19,14-18)24(25)29-23(30)17-8-9-20-21(12-17)28-15-27-20/h3-9,12,15,18-19,22,24H,10-11,13-14H2,1-2H3,(H,27,28)(H,29,30)/t18-,19-,22-,24+,26?/m1/s1. The average molecular weight is 416 g/mol. The highest BCUT2D eigenvalue weighted by Gasteiger charge is 2.68. The van der Waals surface area contributed by atoms with E-state index in [1.807, 2.05) is 18.2 Å². The van der Waals surface area contributed by atoms with Crippen molar-refractivity contribution in [2.24, 2.45) is 22.7 Å². The van der Waals surface area contributed by atoms with Crippen LogP contribution in [-0.4, -0.2) is 28.5 Å². The van der Waals surface area contributed by atoms with Gasteiger partial charge < -0.3 is 15.0 Å². The van der Waals surface area contributed by atoms with E-state index in [1.54, 1.807) is 6.33 Å². The van der Waals surface area contributed by atoms with Crippen LogP contribution in [0.5, 0.6) is 0 Å². The topological polar surface area (TPSA) is 67.0 Å². The summed E-state index contributed by atoms with van der Waals surface area (Å²) in [6.45, 7) is 5.45. The number of amides is 1. The number of aromatic nitrogens is 2. The number of aromatic amines is 1. The lowest BCUT2D eigenvalue weighted by Gasteiger charge is -2.53. The maximum absolute atomic E-state index is 13.4. The quantitative estimate of drug-likeness (QED) is 0.641. The van der Waals surface area contributed by atoms with Crippen LogP contribution in [0.4, 0.5) is 0 Å². The number of hydrogen-bond donors (Lipinski definition) is 2. The molecule has 1 spiro atoms. The first-order valence-electron chi connectivity index (χ1n) is 11.4. The molecule has 5 heteroatoms. The fourth-order valence-electron chi connectivity index (χ4n) is 7.05. The van der Waals surface area contributed by atoms with Crippen molar-refractivity contribution in [2.45, 2.75) is 45.3 Å². The van der Waals surface area contributed by atoms with Gasteiger partial charge in [-0.1, -0.05) is 44.2 Å². The summed E-state index contributed by atoms with van der Waals surface area (Å²) in [5.74, 6) is 1.06. The van der Waals surface area contributed by atoms with Gasteiger partial charge in [0.25, 0.3) is 5.91 Å². The number of fused-ring (bicyclic) bond motifs is 2. The van der Waals surface area contributed by atoms with Crippen molar-refractivity contribution in [1.82, 2.24) is 15.3 Å². The first-order valence-corrected chi connectivity index (χ1v) is 11.4. The Labute approximate surface area is 182 Å². The van der Waals surface area contributed by atoms with Crippen LogP contribution in [0, 0.1) is 22.7 Å². The van der Waals surface area contributed by atoms with E-state index in [0.717, 1.165) is 24.1 Å². The van der Waals surface area contributed by atoms with Crippen LogP contribution in [0.2, 0.25) is 0 Å². The van der Waals surface area contributed by atoms with E-state index in [4.69, 9.17) is 4.74 Å². The minimum atomic E-state index is 0.0120. The summed E-state index contributed by atoms with van der Waals surface area (Å²) in [5, 5.41) is 3.51. The van der Waals surface area contributed by atoms with Crippen LogP contribution in [0.1, 0.15) is 55.1 Å². The normalized spacial score (nSPS) is 33.4. The smallest absolute Gasteiger partial charge is 0.251 e. The van der Waals surface area contributed by atoms with Gasteiger partial charge in [0.15, 0.2) is 0 Å². The molecule has 2 saturated carbocycles. The summed E-state index contributed by atoms with van der Waals surface area (Å²) < 4.78 is 6.35. The summed E-state index contributed by atoms with van der Waals surface area (Å²) in [4.78, 5) is 20.8. The van der Waals surface area contributed by atoms with Gasteiger partial charge in [-0.05, 0) is 65.7 Å². The van der Waals surface area contributed by atoms with Gasteiger partial charge in [0, 0.05) is 18.2 Å². The average Bonchev–Trinajstić information content (AvgIpc) is 3.46. The Hall–Kier alpha value is -2.66. The molecule has 2 heterocycles. The molecule has 1 aromatic heterocycles. The lowest BCUT2D eigenvalue weighted by Crippen LogP contribution is -2.58. The predicted molar refractivity (Wildman–Crippen MR) is 120 cm³/mol. The van der Waals surface area contributed by atoms with E-state index in [9.17, 15) is 4.79 Å². The molecule has 1 unspecified atom stereocenters. The maximum atomic E-state index is 13.4. The first kappa shape index (κ1) is 19.1. The fraction of sp³-hybridized carbons (Fsp3) is 0.462. The third kappa shape index (κ3) is 2.72. The van der Waals surface area contributed by atoms with Crippen molar-refractivity contribution in [2.75, 3.05) is 6.61 Å². The van der Waals surface area contributed by atoms with Crippen molar-refractivity contribution in [1.29, 1.82) is 0 Å². The number of nitrogens with one attached hydrogen (secondary N) is 2. The minimum absolute atomic E-state index is 0.0120. The zero-order chi connectivity index (χ0) is 21.2. The number of benzene rings is 2. The maximum Gasteiger partial charge on any atom is 0.251 e. The highest BCUT2D eigenvalue weighted by Crippen LogP contribution is 2.70.